The molecule has 0 aromatic heterocycles. The molecule has 5 nitrogen and oxygen atoms in total. The number of rotatable bonds is 3. The molecule has 2 unspecified atom stereocenters. The quantitative estimate of drug-likeness (QED) is 0.828. The van der Waals surface area contributed by atoms with E-state index in [1.807, 2.05) is 6.07 Å². The zero-order chi connectivity index (χ0) is 18.0. The second kappa shape index (κ2) is 7.75. The van der Waals surface area contributed by atoms with Crippen LogP contribution in [0.5, 0.6) is 11.5 Å². The molecule has 3 heterocycles. The maximum absolute atomic E-state index is 6.75. The number of hydrogen-bond acceptors (Lipinski definition) is 5. The molecule has 2 saturated heterocycles. The topological polar surface area (TPSA) is 34.2 Å². The summed E-state index contributed by atoms with van der Waals surface area (Å²) >= 11 is 0. The number of benzene rings is 1. The Morgan fingerprint density at radius 1 is 1.27 bits per heavy atom. The fourth-order valence-corrected chi connectivity index (χ4v) is 4.66. The zero-order valence-corrected chi connectivity index (χ0v) is 16.2. The van der Waals surface area contributed by atoms with Crippen molar-refractivity contribution in [3.05, 3.63) is 23.8 Å². The Bertz CT molecular complexity index is 617. The van der Waals surface area contributed by atoms with Crippen LogP contribution in [-0.4, -0.2) is 69.0 Å². The van der Waals surface area contributed by atoms with E-state index in [-0.39, 0.29) is 5.60 Å². The number of methoxy groups -OCH3 is 1. The predicted octanol–water partition coefficient (Wildman–Crippen LogP) is 2.78. The SMILES string of the molecule is COc1ccc2c(c1)CN(CC1CCOC1)CC1(CCCN(C)CC1)O2. The number of ether oxygens (including phenoxy) is 3. The molecular weight excluding hydrogens is 328 g/mol. The molecular formula is C21H32N2O3. The lowest BCUT2D eigenvalue weighted by molar-refractivity contribution is 0.0196. The van der Waals surface area contributed by atoms with Gasteiger partial charge in [-0.15, -0.1) is 0 Å². The molecule has 5 heteroatoms. The molecule has 0 aliphatic carbocycles. The Balaban J connectivity index is 1.62. The van der Waals surface area contributed by atoms with Gasteiger partial charge in [0, 0.05) is 44.8 Å². The average Bonchev–Trinajstić information content (AvgIpc) is 3.01. The average molecular weight is 360 g/mol. The fraction of sp³-hybridized carbons (Fsp3) is 0.714. The summed E-state index contributed by atoms with van der Waals surface area (Å²) in [6.07, 6.45) is 4.59. The van der Waals surface area contributed by atoms with Crippen LogP contribution in [0.3, 0.4) is 0 Å². The standard InChI is InChI=1S/C21H32N2O3/c1-22-9-3-7-21(8-10-22)16-23(13-17-6-11-25-15-17)14-18-12-19(24-2)4-5-20(18)26-21/h4-5,12,17H,3,6-11,13-16H2,1-2H3. The van der Waals surface area contributed by atoms with Gasteiger partial charge in [0.15, 0.2) is 0 Å². The van der Waals surface area contributed by atoms with E-state index >= 15 is 0 Å². The third-order valence-electron chi connectivity index (χ3n) is 6.16. The predicted molar refractivity (Wildman–Crippen MR) is 102 cm³/mol. The molecule has 2 atom stereocenters. The van der Waals surface area contributed by atoms with Crippen molar-refractivity contribution in [3.8, 4) is 11.5 Å². The van der Waals surface area contributed by atoms with Crippen LogP contribution in [0.4, 0.5) is 0 Å². The van der Waals surface area contributed by atoms with Crippen molar-refractivity contribution in [1.82, 2.24) is 9.80 Å². The van der Waals surface area contributed by atoms with Gasteiger partial charge in [0.25, 0.3) is 0 Å². The Labute approximate surface area is 157 Å². The second-order valence-electron chi connectivity index (χ2n) is 8.31. The Morgan fingerprint density at radius 2 is 2.19 bits per heavy atom. The Morgan fingerprint density at radius 3 is 3.00 bits per heavy atom. The third-order valence-corrected chi connectivity index (χ3v) is 6.16. The van der Waals surface area contributed by atoms with Crippen LogP contribution in [0.2, 0.25) is 0 Å². The van der Waals surface area contributed by atoms with Gasteiger partial charge in [0.1, 0.15) is 17.1 Å². The van der Waals surface area contributed by atoms with E-state index < -0.39 is 0 Å². The van der Waals surface area contributed by atoms with Gasteiger partial charge in [-0.3, -0.25) is 4.90 Å². The van der Waals surface area contributed by atoms with Crippen LogP contribution in [-0.2, 0) is 11.3 Å². The van der Waals surface area contributed by atoms with Crippen LogP contribution in [0.15, 0.2) is 18.2 Å². The van der Waals surface area contributed by atoms with E-state index in [2.05, 4.69) is 29.0 Å². The number of likely N-dealkylation sites (tertiary alicyclic amines) is 1. The molecule has 0 N–H and O–H groups in total. The molecule has 1 aromatic carbocycles. The van der Waals surface area contributed by atoms with Crippen molar-refractivity contribution < 1.29 is 14.2 Å². The first-order valence-electron chi connectivity index (χ1n) is 10.0. The highest BCUT2D eigenvalue weighted by Gasteiger charge is 2.39. The molecule has 26 heavy (non-hydrogen) atoms. The van der Waals surface area contributed by atoms with Crippen molar-refractivity contribution in [2.45, 2.75) is 37.8 Å². The first-order chi connectivity index (χ1) is 12.7. The summed E-state index contributed by atoms with van der Waals surface area (Å²) in [6, 6.07) is 6.28. The molecule has 0 saturated carbocycles. The first kappa shape index (κ1) is 18.1. The van der Waals surface area contributed by atoms with E-state index in [0.717, 1.165) is 70.3 Å². The lowest BCUT2D eigenvalue weighted by atomic mass is 9.93. The molecule has 3 aliphatic rings. The van der Waals surface area contributed by atoms with Gasteiger partial charge in [-0.05, 0) is 57.0 Å². The highest BCUT2D eigenvalue weighted by atomic mass is 16.5. The monoisotopic (exact) mass is 360 g/mol. The van der Waals surface area contributed by atoms with Gasteiger partial charge in [0.05, 0.1) is 13.7 Å². The molecule has 4 rings (SSSR count). The summed E-state index contributed by atoms with van der Waals surface area (Å²) in [5.41, 5.74) is 1.17. The van der Waals surface area contributed by atoms with Gasteiger partial charge in [-0.2, -0.15) is 0 Å². The number of hydrogen-bond donors (Lipinski definition) is 0. The van der Waals surface area contributed by atoms with Crippen LogP contribution in [0.1, 0.15) is 31.2 Å². The van der Waals surface area contributed by atoms with Gasteiger partial charge < -0.3 is 19.1 Å². The lowest BCUT2D eigenvalue weighted by Crippen LogP contribution is -2.47. The van der Waals surface area contributed by atoms with Crippen LogP contribution in [0, 0.1) is 5.92 Å². The van der Waals surface area contributed by atoms with Gasteiger partial charge in [-0.1, -0.05) is 0 Å². The van der Waals surface area contributed by atoms with Gasteiger partial charge in [-0.25, -0.2) is 0 Å². The van der Waals surface area contributed by atoms with E-state index in [1.165, 1.54) is 18.4 Å². The molecule has 0 radical (unpaired) electrons. The van der Waals surface area contributed by atoms with E-state index in [9.17, 15) is 0 Å². The smallest absolute Gasteiger partial charge is 0.124 e. The first-order valence-corrected chi connectivity index (χ1v) is 10.0. The Kier molecular flexibility index (Phi) is 5.39. The van der Waals surface area contributed by atoms with Crippen molar-refractivity contribution in [2.24, 2.45) is 5.92 Å². The van der Waals surface area contributed by atoms with E-state index in [1.54, 1.807) is 7.11 Å². The number of fused-ring (bicyclic) bond motifs is 1. The summed E-state index contributed by atoms with van der Waals surface area (Å²) in [5.74, 6) is 2.60. The maximum atomic E-state index is 6.75. The van der Waals surface area contributed by atoms with E-state index in [4.69, 9.17) is 14.2 Å². The minimum Gasteiger partial charge on any atom is -0.497 e. The summed E-state index contributed by atoms with van der Waals surface area (Å²) < 4.78 is 17.8. The maximum Gasteiger partial charge on any atom is 0.124 e. The second-order valence-corrected chi connectivity index (χ2v) is 8.31. The lowest BCUT2D eigenvalue weighted by Gasteiger charge is -2.36. The van der Waals surface area contributed by atoms with Crippen molar-refractivity contribution in [3.63, 3.8) is 0 Å². The molecule has 1 aromatic rings. The summed E-state index contributed by atoms with van der Waals surface area (Å²) in [5, 5.41) is 0. The summed E-state index contributed by atoms with van der Waals surface area (Å²) in [4.78, 5) is 5.04. The summed E-state index contributed by atoms with van der Waals surface area (Å²) in [6.45, 7) is 7.11. The zero-order valence-electron chi connectivity index (χ0n) is 16.2. The normalized spacial score (nSPS) is 30.5. The van der Waals surface area contributed by atoms with E-state index in [0.29, 0.717) is 5.92 Å². The van der Waals surface area contributed by atoms with Crippen LogP contribution in [0.25, 0.3) is 0 Å². The fourth-order valence-electron chi connectivity index (χ4n) is 4.66. The minimum atomic E-state index is -0.0793. The van der Waals surface area contributed by atoms with Crippen molar-refractivity contribution >= 4 is 0 Å². The molecule has 3 aliphatic heterocycles. The third kappa shape index (κ3) is 4.00. The Hall–Kier alpha value is -1.30. The van der Waals surface area contributed by atoms with Crippen LogP contribution >= 0.6 is 0 Å². The molecule has 1 spiro atoms. The molecule has 144 valence electrons. The minimum absolute atomic E-state index is 0.0793. The number of nitrogens with zero attached hydrogens (tertiary/aromatic N) is 2. The molecule has 2 fully saturated rings. The van der Waals surface area contributed by atoms with Crippen LogP contribution < -0.4 is 9.47 Å². The largest absolute Gasteiger partial charge is 0.497 e. The van der Waals surface area contributed by atoms with Crippen molar-refractivity contribution in [2.75, 3.05) is 53.6 Å². The molecule has 0 bridgehead atoms. The highest BCUT2D eigenvalue weighted by Crippen LogP contribution is 2.37. The van der Waals surface area contributed by atoms with Gasteiger partial charge >= 0.3 is 0 Å². The summed E-state index contributed by atoms with van der Waals surface area (Å²) in [7, 11) is 3.96. The molecule has 0 amide bonds. The van der Waals surface area contributed by atoms with Gasteiger partial charge in [0.2, 0.25) is 0 Å². The van der Waals surface area contributed by atoms with Crippen molar-refractivity contribution in [1.29, 1.82) is 0 Å². The highest BCUT2D eigenvalue weighted by molar-refractivity contribution is 5.41.